The minimum Gasteiger partial charge on any atom is -0.421 e. The lowest BCUT2D eigenvalue weighted by molar-refractivity contribution is -0.121. The van der Waals surface area contributed by atoms with Crippen molar-refractivity contribution in [2.45, 2.75) is 25.8 Å². The molecule has 1 amide bonds. The van der Waals surface area contributed by atoms with Crippen molar-refractivity contribution in [2.75, 3.05) is 0 Å². The number of rotatable bonds is 6. The third-order valence-electron chi connectivity index (χ3n) is 3.86. The topological polar surface area (TPSA) is 68.0 Å². The molecule has 1 heterocycles. The van der Waals surface area contributed by atoms with Crippen LogP contribution in [0.5, 0.6) is 0 Å². The van der Waals surface area contributed by atoms with Crippen LogP contribution < -0.4 is 5.32 Å². The lowest BCUT2D eigenvalue weighted by atomic mass is 10.1. The van der Waals surface area contributed by atoms with Gasteiger partial charge in [0.1, 0.15) is 11.6 Å². The summed E-state index contributed by atoms with van der Waals surface area (Å²) >= 11 is 0. The molecule has 1 N–H and O–H groups in total. The Morgan fingerprint density at radius 1 is 1.15 bits per heavy atom. The highest BCUT2D eigenvalue weighted by Crippen LogP contribution is 2.19. The Morgan fingerprint density at radius 2 is 1.92 bits per heavy atom. The molecule has 2 aromatic carbocycles. The number of carbonyl (C=O) groups excluding carboxylic acids is 1. The zero-order valence-corrected chi connectivity index (χ0v) is 14.1. The summed E-state index contributed by atoms with van der Waals surface area (Å²) < 4.78 is 32.5. The van der Waals surface area contributed by atoms with Crippen molar-refractivity contribution >= 4 is 5.91 Å². The number of aromatic nitrogens is 2. The highest BCUT2D eigenvalue weighted by atomic mass is 19.1. The van der Waals surface area contributed by atoms with Gasteiger partial charge in [-0.25, -0.2) is 8.78 Å². The van der Waals surface area contributed by atoms with Gasteiger partial charge in [-0.3, -0.25) is 4.79 Å². The summed E-state index contributed by atoms with van der Waals surface area (Å²) in [6.07, 6.45) is 0.349. The van der Waals surface area contributed by atoms with Crippen molar-refractivity contribution in [3.63, 3.8) is 0 Å². The number of hydrogen-bond donors (Lipinski definition) is 1. The predicted octanol–water partition coefficient (Wildman–Crippen LogP) is 3.82. The monoisotopic (exact) mass is 357 g/mol. The number of benzene rings is 2. The van der Waals surface area contributed by atoms with Crippen molar-refractivity contribution in [1.82, 2.24) is 15.5 Å². The Labute approximate surface area is 149 Å². The van der Waals surface area contributed by atoms with Gasteiger partial charge in [0, 0.05) is 24.0 Å². The summed E-state index contributed by atoms with van der Waals surface area (Å²) in [6, 6.07) is 11.8. The Morgan fingerprint density at radius 3 is 2.69 bits per heavy atom. The molecule has 0 radical (unpaired) electrons. The molecule has 3 aromatic rings. The largest absolute Gasteiger partial charge is 0.421 e. The average Bonchev–Trinajstić information content (AvgIpc) is 3.12. The second-order valence-corrected chi connectivity index (χ2v) is 5.82. The molecule has 134 valence electrons. The van der Waals surface area contributed by atoms with E-state index in [2.05, 4.69) is 15.5 Å². The smallest absolute Gasteiger partial charge is 0.247 e. The van der Waals surface area contributed by atoms with E-state index >= 15 is 0 Å². The van der Waals surface area contributed by atoms with Gasteiger partial charge in [-0.1, -0.05) is 18.2 Å². The van der Waals surface area contributed by atoms with E-state index in [1.165, 1.54) is 0 Å². The lowest BCUT2D eigenvalue weighted by Gasteiger charge is -2.15. The van der Waals surface area contributed by atoms with Crippen molar-refractivity contribution in [2.24, 2.45) is 0 Å². The van der Waals surface area contributed by atoms with E-state index in [0.717, 1.165) is 23.8 Å². The van der Waals surface area contributed by atoms with Gasteiger partial charge >= 0.3 is 0 Å². The van der Waals surface area contributed by atoms with Gasteiger partial charge in [0.2, 0.25) is 17.7 Å². The summed E-state index contributed by atoms with van der Waals surface area (Å²) in [5.41, 5.74) is 0.897. The number of carbonyl (C=O) groups is 1. The summed E-state index contributed by atoms with van der Waals surface area (Å²) in [4.78, 5) is 12.1. The van der Waals surface area contributed by atoms with Crippen LogP contribution in [0.1, 0.15) is 30.8 Å². The van der Waals surface area contributed by atoms with E-state index < -0.39 is 17.7 Å². The quantitative estimate of drug-likeness (QED) is 0.728. The van der Waals surface area contributed by atoms with Gasteiger partial charge in [-0.05, 0) is 37.3 Å². The first-order valence-electron chi connectivity index (χ1n) is 8.15. The first-order chi connectivity index (χ1) is 12.5. The second kappa shape index (κ2) is 7.86. The van der Waals surface area contributed by atoms with Crippen LogP contribution in [0.4, 0.5) is 8.78 Å². The molecule has 26 heavy (non-hydrogen) atoms. The molecular weight excluding hydrogens is 340 g/mol. The van der Waals surface area contributed by atoms with Gasteiger partial charge < -0.3 is 9.73 Å². The molecule has 0 spiro atoms. The summed E-state index contributed by atoms with van der Waals surface area (Å²) in [7, 11) is 0. The summed E-state index contributed by atoms with van der Waals surface area (Å²) in [5.74, 6) is -0.717. The number of nitrogens with one attached hydrogen (secondary N) is 1. The maximum atomic E-state index is 13.7. The molecule has 1 atom stereocenters. The fraction of sp³-hybridized carbons (Fsp3) is 0.211. The van der Waals surface area contributed by atoms with Crippen LogP contribution in [0.3, 0.4) is 0 Å². The minimum absolute atomic E-state index is 0.0949. The molecule has 1 unspecified atom stereocenters. The fourth-order valence-electron chi connectivity index (χ4n) is 2.51. The Hall–Kier alpha value is -3.09. The Bertz CT molecular complexity index is 897. The molecular formula is C19H17F2N3O2. The van der Waals surface area contributed by atoms with Gasteiger partial charge in [0.15, 0.2) is 0 Å². The zero-order chi connectivity index (χ0) is 18.5. The summed E-state index contributed by atoms with van der Waals surface area (Å²) in [6.45, 7) is 1.59. The van der Waals surface area contributed by atoms with E-state index in [1.807, 2.05) is 30.3 Å². The highest BCUT2D eigenvalue weighted by molar-refractivity contribution is 5.76. The maximum absolute atomic E-state index is 13.7. The van der Waals surface area contributed by atoms with Crippen LogP contribution in [0.2, 0.25) is 0 Å². The van der Waals surface area contributed by atoms with E-state index in [-0.39, 0.29) is 24.3 Å². The number of amides is 1. The molecule has 3 rings (SSSR count). The van der Waals surface area contributed by atoms with E-state index in [4.69, 9.17) is 4.42 Å². The van der Waals surface area contributed by atoms with Crippen molar-refractivity contribution < 1.29 is 18.0 Å². The first-order valence-corrected chi connectivity index (χ1v) is 8.15. The standard InChI is InChI=1S/C19H17F2N3O2/c1-12(15-11-14(20)7-8-16(15)21)22-17(25)9-10-18-23-24-19(26-18)13-5-3-2-4-6-13/h2-8,11-12H,9-10H2,1H3,(H,22,25). The molecule has 1 aromatic heterocycles. The molecule has 0 saturated heterocycles. The van der Waals surface area contributed by atoms with E-state index in [0.29, 0.717) is 11.8 Å². The number of hydrogen-bond acceptors (Lipinski definition) is 4. The van der Waals surface area contributed by atoms with Crippen molar-refractivity contribution in [3.8, 4) is 11.5 Å². The van der Waals surface area contributed by atoms with Crippen LogP contribution in [0, 0.1) is 11.6 Å². The van der Waals surface area contributed by atoms with Crippen LogP contribution in [0.25, 0.3) is 11.5 Å². The van der Waals surface area contributed by atoms with Crippen molar-refractivity contribution in [1.29, 1.82) is 0 Å². The summed E-state index contributed by atoms with van der Waals surface area (Å²) in [5, 5.41) is 10.5. The third-order valence-corrected chi connectivity index (χ3v) is 3.86. The number of aryl methyl sites for hydroxylation is 1. The number of halogens is 2. The molecule has 5 nitrogen and oxygen atoms in total. The molecule has 0 aliphatic carbocycles. The normalized spacial score (nSPS) is 12.0. The number of nitrogens with zero attached hydrogens (tertiary/aromatic N) is 2. The molecule has 7 heteroatoms. The molecule has 0 aliphatic rings. The van der Waals surface area contributed by atoms with Crippen LogP contribution in [0.15, 0.2) is 52.9 Å². The van der Waals surface area contributed by atoms with Gasteiger partial charge in [0.05, 0.1) is 6.04 Å². The molecule has 0 fully saturated rings. The third kappa shape index (κ3) is 4.30. The fourth-order valence-corrected chi connectivity index (χ4v) is 2.51. The maximum Gasteiger partial charge on any atom is 0.247 e. The van der Waals surface area contributed by atoms with Crippen LogP contribution >= 0.6 is 0 Å². The average molecular weight is 357 g/mol. The SMILES string of the molecule is CC(NC(=O)CCc1nnc(-c2ccccc2)o1)c1cc(F)ccc1F. The molecule has 0 bridgehead atoms. The lowest BCUT2D eigenvalue weighted by Crippen LogP contribution is -2.27. The van der Waals surface area contributed by atoms with E-state index in [9.17, 15) is 13.6 Å². The van der Waals surface area contributed by atoms with Crippen LogP contribution in [-0.4, -0.2) is 16.1 Å². The van der Waals surface area contributed by atoms with E-state index in [1.54, 1.807) is 6.92 Å². The predicted molar refractivity (Wildman–Crippen MR) is 91.0 cm³/mol. The Kier molecular flexibility index (Phi) is 5.36. The van der Waals surface area contributed by atoms with Crippen LogP contribution in [-0.2, 0) is 11.2 Å². The highest BCUT2D eigenvalue weighted by Gasteiger charge is 2.16. The minimum atomic E-state index is -0.652. The van der Waals surface area contributed by atoms with Gasteiger partial charge in [0.25, 0.3) is 0 Å². The second-order valence-electron chi connectivity index (χ2n) is 5.82. The Balaban J connectivity index is 1.56. The van der Waals surface area contributed by atoms with Gasteiger partial charge in [-0.15, -0.1) is 10.2 Å². The molecule has 0 aliphatic heterocycles. The zero-order valence-electron chi connectivity index (χ0n) is 14.1. The van der Waals surface area contributed by atoms with Gasteiger partial charge in [-0.2, -0.15) is 0 Å². The first kappa shape index (κ1) is 17.7. The molecule has 0 saturated carbocycles. The van der Waals surface area contributed by atoms with Crippen molar-refractivity contribution in [3.05, 3.63) is 71.6 Å².